The lowest BCUT2D eigenvalue weighted by Gasteiger charge is -2.36. The fraction of sp³-hybridized carbons (Fsp3) is 0.789. The second-order valence-electron chi connectivity index (χ2n) is 8.82. The largest absolute Gasteiger partial charge is 0.458 e. The first-order valence-corrected chi connectivity index (χ1v) is 10.2. The number of hydrogen-bond acceptors (Lipinski definition) is 5. The molecule has 1 aromatic rings. The summed E-state index contributed by atoms with van der Waals surface area (Å²) in [6.45, 7) is 7.65. The van der Waals surface area contributed by atoms with Gasteiger partial charge in [-0.25, -0.2) is 9.78 Å². The quantitative estimate of drug-likeness (QED) is 0.746. The van der Waals surface area contributed by atoms with E-state index in [2.05, 4.69) is 26.2 Å². The smallest absolute Gasteiger partial charge is 0.332 e. The summed E-state index contributed by atoms with van der Waals surface area (Å²) in [7, 11) is 1.98. The fourth-order valence-electron chi connectivity index (χ4n) is 4.44. The predicted octanol–water partition coefficient (Wildman–Crippen LogP) is 3.29. The van der Waals surface area contributed by atoms with E-state index in [1.165, 1.54) is 12.8 Å². The van der Waals surface area contributed by atoms with Crippen molar-refractivity contribution >= 4 is 21.9 Å². The lowest BCUT2D eigenvalue weighted by molar-refractivity contribution is -0.169. The molecule has 0 amide bonds. The number of carbonyl (C=O) groups is 1. The lowest BCUT2D eigenvalue weighted by Crippen LogP contribution is -2.41. The van der Waals surface area contributed by atoms with Crippen molar-refractivity contribution in [3.8, 4) is 0 Å². The molecule has 2 atom stereocenters. The molecule has 3 rings (SSSR count). The summed E-state index contributed by atoms with van der Waals surface area (Å²) in [6, 6.07) is 0. The summed E-state index contributed by atoms with van der Waals surface area (Å²) < 4.78 is 14.5. The lowest BCUT2D eigenvalue weighted by atomic mass is 9.78. The third kappa shape index (κ3) is 4.31. The van der Waals surface area contributed by atoms with Gasteiger partial charge in [0.25, 0.3) is 0 Å². The highest BCUT2D eigenvalue weighted by molar-refractivity contribution is 9.10. The van der Waals surface area contributed by atoms with E-state index in [9.17, 15) is 4.79 Å². The topological polar surface area (TPSA) is 65.4 Å². The van der Waals surface area contributed by atoms with Crippen LogP contribution < -0.4 is 5.32 Å². The molecule has 6 nitrogen and oxygen atoms in total. The third-order valence-electron chi connectivity index (χ3n) is 5.42. The minimum Gasteiger partial charge on any atom is -0.458 e. The Morgan fingerprint density at radius 3 is 2.73 bits per heavy atom. The number of rotatable bonds is 4. The van der Waals surface area contributed by atoms with Gasteiger partial charge in [0, 0.05) is 19.8 Å². The number of hydrogen-bond donors (Lipinski definition) is 1. The number of imidazole rings is 1. The van der Waals surface area contributed by atoms with E-state index in [1.54, 1.807) is 0 Å². The van der Waals surface area contributed by atoms with Crippen LogP contribution in [0.5, 0.6) is 0 Å². The van der Waals surface area contributed by atoms with Gasteiger partial charge >= 0.3 is 5.97 Å². The summed E-state index contributed by atoms with van der Waals surface area (Å²) in [5, 5.41) is 3.54. The van der Waals surface area contributed by atoms with Crippen molar-refractivity contribution < 1.29 is 14.3 Å². The van der Waals surface area contributed by atoms with Crippen molar-refractivity contribution in [3.63, 3.8) is 0 Å². The zero-order chi connectivity index (χ0) is 19.0. The fourth-order valence-corrected chi connectivity index (χ4v) is 4.92. The number of piperidine rings is 1. The number of halogens is 1. The Kier molecular flexibility index (Phi) is 5.53. The highest BCUT2D eigenvalue weighted by Crippen LogP contribution is 2.54. The van der Waals surface area contributed by atoms with E-state index in [0.717, 1.165) is 42.8 Å². The molecule has 7 heteroatoms. The van der Waals surface area contributed by atoms with Crippen LogP contribution in [0.4, 0.5) is 0 Å². The van der Waals surface area contributed by atoms with Crippen molar-refractivity contribution in [2.24, 2.45) is 12.5 Å². The van der Waals surface area contributed by atoms with Crippen LogP contribution in [0.15, 0.2) is 10.8 Å². The maximum Gasteiger partial charge on any atom is 0.332 e. The molecule has 1 aliphatic heterocycles. The zero-order valence-electron chi connectivity index (χ0n) is 16.2. The van der Waals surface area contributed by atoms with E-state index in [4.69, 9.17) is 9.47 Å². The molecule has 2 fully saturated rings. The van der Waals surface area contributed by atoms with E-state index in [1.807, 2.05) is 38.6 Å². The Bertz CT molecular complexity index is 661. The van der Waals surface area contributed by atoms with Crippen LogP contribution in [0.3, 0.4) is 0 Å². The number of carbonyl (C=O) groups excluding carboxylic acids is 1. The third-order valence-corrected chi connectivity index (χ3v) is 5.80. The van der Waals surface area contributed by atoms with Crippen molar-refractivity contribution in [2.75, 3.05) is 19.7 Å². The molecular formula is C19H30BrN3O3. The van der Waals surface area contributed by atoms with Gasteiger partial charge in [0.2, 0.25) is 0 Å². The van der Waals surface area contributed by atoms with Gasteiger partial charge in [-0.05, 0) is 80.8 Å². The Hall–Kier alpha value is -0.920. The molecule has 0 aromatic carbocycles. The number of nitrogens with one attached hydrogen (secondary N) is 1. The van der Waals surface area contributed by atoms with E-state index >= 15 is 0 Å². The van der Waals surface area contributed by atoms with Gasteiger partial charge in [-0.15, -0.1) is 0 Å². The molecule has 26 heavy (non-hydrogen) atoms. The van der Waals surface area contributed by atoms with Gasteiger partial charge in [-0.3, -0.25) is 0 Å². The first-order valence-electron chi connectivity index (χ1n) is 9.39. The summed E-state index contributed by atoms with van der Waals surface area (Å²) in [5.41, 5.74) is -0.828. The van der Waals surface area contributed by atoms with Crippen molar-refractivity contribution in [2.45, 2.75) is 64.1 Å². The van der Waals surface area contributed by atoms with Gasteiger partial charge in [-0.2, -0.15) is 0 Å². The number of aromatic nitrogens is 2. The summed E-state index contributed by atoms with van der Waals surface area (Å²) in [4.78, 5) is 16.9. The van der Waals surface area contributed by atoms with Gasteiger partial charge in [0.15, 0.2) is 0 Å². The van der Waals surface area contributed by atoms with Crippen LogP contribution in [0.2, 0.25) is 0 Å². The number of nitrogens with zero attached hydrogens (tertiary/aromatic N) is 2. The number of aryl methyl sites for hydroxylation is 1. The maximum atomic E-state index is 12.3. The van der Waals surface area contributed by atoms with Crippen LogP contribution in [-0.2, 0) is 26.9 Å². The average Bonchev–Trinajstić information content (AvgIpc) is 3.06. The molecule has 146 valence electrons. The van der Waals surface area contributed by atoms with Crippen LogP contribution in [0.1, 0.15) is 58.7 Å². The first-order chi connectivity index (χ1) is 12.1. The molecular weight excluding hydrogens is 398 g/mol. The molecule has 1 aliphatic carbocycles. The van der Waals surface area contributed by atoms with Crippen LogP contribution >= 0.6 is 15.9 Å². The summed E-state index contributed by atoms with van der Waals surface area (Å²) >= 11 is 3.47. The molecule has 0 radical (unpaired) electrons. The second kappa shape index (κ2) is 7.24. The predicted molar refractivity (Wildman–Crippen MR) is 103 cm³/mol. The molecule has 1 N–H and O–H groups in total. The van der Waals surface area contributed by atoms with Gasteiger partial charge in [-0.1, -0.05) is 0 Å². The SMILES string of the molecule is Cn1cc(Br)nc1C1(OCC(=O)OC(C)(C)C)CCC2(CCCNC2)C1. The Morgan fingerprint density at radius 1 is 1.38 bits per heavy atom. The Morgan fingerprint density at radius 2 is 2.15 bits per heavy atom. The molecule has 1 saturated heterocycles. The Labute approximate surface area is 164 Å². The Balaban J connectivity index is 1.81. The highest BCUT2D eigenvalue weighted by atomic mass is 79.9. The van der Waals surface area contributed by atoms with Crippen LogP contribution in [0.25, 0.3) is 0 Å². The van der Waals surface area contributed by atoms with Crippen LogP contribution in [0, 0.1) is 5.41 Å². The minimum atomic E-state index is -0.545. The normalized spacial score (nSPS) is 29.3. The van der Waals surface area contributed by atoms with E-state index in [-0.39, 0.29) is 18.0 Å². The summed E-state index contributed by atoms with van der Waals surface area (Å²) in [6.07, 6.45) is 7.16. The second-order valence-corrected chi connectivity index (χ2v) is 9.64. The zero-order valence-corrected chi connectivity index (χ0v) is 17.8. The monoisotopic (exact) mass is 427 g/mol. The average molecular weight is 428 g/mol. The highest BCUT2D eigenvalue weighted by Gasteiger charge is 2.52. The van der Waals surface area contributed by atoms with E-state index in [0.29, 0.717) is 0 Å². The molecule has 2 aliphatic rings. The van der Waals surface area contributed by atoms with Crippen molar-refractivity contribution in [3.05, 3.63) is 16.6 Å². The maximum absolute atomic E-state index is 12.3. The van der Waals surface area contributed by atoms with Crippen LogP contribution in [-0.4, -0.2) is 40.8 Å². The first kappa shape index (κ1) is 19.8. The summed E-state index contributed by atoms with van der Waals surface area (Å²) in [5.74, 6) is 0.559. The van der Waals surface area contributed by atoms with Gasteiger partial charge in [0.1, 0.15) is 28.2 Å². The molecule has 1 saturated carbocycles. The van der Waals surface area contributed by atoms with Gasteiger partial charge < -0.3 is 19.4 Å². The molecule has 2 heterocycles. The molecule has 1 aromatic heterocycles. The minimum absolute atomic E-state index is 0.0503. The van der Waals surface area contributed by atoms with Crippen molar-refractivity contribution in [1.82, 2.24) is 14.9 Å². The number of esters is 1. The molecule has 0 bridgehead atoms. The van der Waals surface area contributed by atoms with Crippen molar-refractivity contribution in [1.29, 1.82) is 0 Å². The number of ether oxygens (including phenoxy) is 2. The molecule has 1 spiro atoms. The standard InChI is InChI=1S/C19H30BrN3O3/c1-17(2,3)26-15(24)11-25-19(16-22-14(20)10-23(16)4)8-7-18(12-19)6-5-9-21-13-18/h10,21H,5-9,11-13H2,1-4H3. The molecule has 2 unspecified atom stereocenters. The van der Waals surface area contributed by atoms with Gasteiger partial charge in [0.05, 0.1) is 0 Å². The van der Waals surface area contributed by atoms with E-state index < -0.39 is 11.2 Å².